The highest BCUT2D eigenvalue weighted by molar-refractivity contribution is 7.89. The maximum absolute atomic E-state index is 13.0. The topological polar surface area (TPSA) is 52.7 Å². The molecular weight excluding hydrogens is 358 g/mol. The third-order valence-corrected chi connectivity index (χ3v) is 6.49. The second-order valence-electron chi connectivity index (χ2n) is 7.55. The van der Waals surface area contributed by atoms with Gasteiger partial charge in [-0.25, -0.2) is 13.1 Å². The normalized spacial score (nSPS) is 13.0. The second-order valence-corrected chi connectivity index (χ2v) is 9.25. The zero-order valence-electron chi connectivity index (χ0n) is 17.4. The summed E-state index contributed by atoms with van der Waals surface area (Å²) in [4.78, 5) is 4.45. The molecule has 0 aromatic heterocycles. The lowest BCUT2D eigenvalue weighted by Crippen LogP contribution is -2.35. The lowest BCUT2D eigenvalue weighted by molar-refractivity contribution is 0.299. The summed E-state index contributed by atoms with van der Waals surface area (Å²) in [5.41, 5.74) is 4.80. The van der Waals surface area contributed by atoms with E-state index < -0.39 is 10.0 Å². The summed E-state index contributed by atoms with van der Waals surface area (Å²) in [6.45, 7) is 5.97. The van der Waals surface area contributed by atoms with Crippen LogP contribution in [0.25, 0.3) is 0 Å². The van der Waals surface area contributed by atoms with Crippen LogP contribution in [0.15, 0.2) is 41.3 Å². The lowest BCUT2D eigenvalue weighted by Gasteiger charge is -2.26. The second kappa shape index (κ2) is 8.42. The number of sulfonamides is 1. The number of anilines is 1. The molecule has 0 aliphatic carbocycles. The summed E-state index contributed by atoms with van der Waals surface area (Å²) >= 11 is 0. The van der Waals surface area contributed by atoms with E-state index in [1.807, 2.05) is 70.9 Å². The number of rotatable bonds is 7. The Balaban J connectivity index is 2.25. The SMILES string of the molecule is Cc1cc(C)c(S(=O)(=O)NC[C@@H](c2ccc(N(C)C)cc2)N(C)C)c(C)c1. The molecule has 2 rings (SSSR count). The number of likely N-dealkylation sites (N-methyl/N-ethyl adjacent to an activating group) is 1. The molecule has 0 amide bonds. The standard InChI is InChI=1S/C21H31N3O2S/c1-15-12-16(2)21(17(3)13-15)27(25,26)22-14-20(24(6)7)18-8-10-19(11-9-18)23(4)5/h8-13,20,22H,14H2,1-7H3/t20-/m0/s1. The van der Waals surface area contributed by atoms with Crippen molar-refractivity contribution in [3.63, 3.8) is 0 Å². The molecule has 0 saturated heterocycles. The van der Waals surface area contributed by atoms with Crippen LogP contribution in [0.4, 0.5) is 5.69 Å². The van der Waals surface area contributed by atoms with Crippen LogP contribution in [0.1, 0.15) is 28.3 Å². The van der Waals surface area contributed by atoms with Gasteiger partial charge in [0.25, 0.3) is 0 Å². The van der Waals surface area contributed by atoms with Gasteiger partial charge in [0.1, 0.15) is 0 Å². The average Bonchev–Trinajstić information content (AvgIpc) is 2.53. The first kappa shape index (κ1) is 21.4. The van der Waals surface area contributed by atoms with Crippen LogP contribution < -0.4 is 9.62 Å². The zero-order valence-corrected chi connectivity index (χ0v) is 18.2. The average molecular weight is 390 g/mol. The van der Waals surface area contributed by atoms with Crippen molar-refractivity contribution in [1.29, 1.82) is 0 Å². The van der Waals surface area contributed by atoms with Crippen LogP contribution in [0, 0.1) is 20.8 Å². The first-order chi connectivity index (χ1) is 12.5. The van der Waals surface area contributed by atoms with E-state index in [1.165, 1.54) is 0 Å². The molecule has 2 aromatic carbocycles. The van der Waals surface area contributed by atoms with Crippen molar-refractivity contribution >= 4 is 15.7 Å². The Hall–Kier alpha value is -1.89. The van der Waals surface area contributed by atoms with Gasteiger partial charge in [0.05, 0.1) is 4.90 Å². The zero-order chi connectivity index (χ0) is 20.4. The Labute approximate surface area is 164 Å². The maximum atomic E-state index is 13.0. The van der Waals surface area contributed by atoms with Crippen LogP contribution in [0.2, 0.25) is 0 Å². The monoisotopic (exact) mass is 389 g/mol. The molecule has 0 bridgehead atoms. The summed E-state index contributed by atoms with van der Waals surface area (Å²) in [5, 5.41) is 0. The minimum Gasteiger partial charge on any atom is -0.378 e. The number of nitrogens with one attached hydrogen (secondary N) is 1. The van der Waals surface area contributed by atoms with E-state index in [4.69, 9.17) is 0 Å². The van der Waals surface area contributed by atoms with Crippen LogP contribution in [-0.2, 0) is 10.0 Å². The predicted octanol–water partition coefficient (Wildman–Crippen LogP) is 3.26. The van der Waals surface area contributed by atoms with E-state index >= 15 is 0 Å². The molecule has 0 heterocycles. The first-order valence-electron chi connectivity index (χ1n) is 9.04. The fraction of sp³-hybridized carbons (Fsp3) is 0.429. The minimum atomic E-state index is -3.58. The van der Waals surface area contributed by atoms with Gasteiger partial charge in [-0.3, -0.25) is 0 Å². The van der Waals surface area contributed by atoms with E-state index in [2.05, 4.69) is 29.0 Å². The van der Waals surface area contributed by atoms with Crippen molar-refractivity contribution in [2.75, 3.05) is 39.6 Å². The molecule has 6 heteroatoms. The van der Waals surface area contributed by atoms with Gasteiger partial charge in [-0.05, 0) is 63.7 Å². The Morgan fingerprint density at radius 1 is 0.926 bits per heavy atom. The van der Waals surface area contributed by atoms with E-state index in [0.29, 0.717) is 11.4 Å². The number of aryl methyl sites for hydroxylation is 3. The van der Waals surface area contributed by atoms with E-state index in [0.717, 1.165) is 27.9 Å². The van der Waals surface area contributed by atoms with Gasteiger partial charge in [-0.15, -0.1) is 0 Å². The number of benzene rings is 2. The third kappa shape index (κ3) is 5.09. The highest BCUT2D eigenvalue weighted by Crippen LogP contribution is 2.24. The highest BCUT2D eigenvalue weighted by atomic mass is 32.2. The molecule has 2 aromatic rings. The van der Waals surface area contributed by atoms with Gasteiger partial charge < -0.3 is 9.80 Å². The van der Waals surface area contributed by atoms with E-state index in [1.54, 1.807) is 0 Å². The molecular formula is C21H31N3O2S. The van der Waals surface area contributed by atoms with Crippen molar-refractivity contribution in [3.05, 3.63) is 58.7 Å². The van der Waals surface area contributed by atoms with Crippen LogP contribution in [0.5, 0.6) is 0 Å². The van der Waals surface area contributed by atoms with Crippen molar-refractivity contribution in [2.45, 2.75) is 31.7 Å². The minimum absolute atomic E-state index is 0.0537. The molecule has 148 valence electrons. The van der Waals surface area contributed by atoms with Crippen molar-refractivity contribution in [1.82, 2.24) is 9.62 Å². The molecule has 0 unspecified atom stereocenters. The molecule has 0 aliphatic heterocycles. The molecule has 0 spiro atoms. The van der Waals surface area contributed by atoms with Crippen LogP contribution >= 0.6 is 0 Å². The number of hydrogen-bond donors (Lipinski definition) is 1. The molecule has 1 atom stereocenters. The predicted molar refractivity (Wildman–Crippen MR) is 113 cm³/mol. The Morgan fingerprint density at radius 3 is 1.89 bits per heavy atom. The summed E-state index contributed by atoms with van der Waals surface area (Å²) < 4.78 is 28.7. The Kier molecular flexibility index (Phi) is 6.68. The summed E-state index contributed by atoms with van der Waals surface area (Å²) in [7, 11) is 4.34. The van der Waals surface area contributed by atoms with E-state index in [-0.39, 0.29) is 6.04 Å². The first-order valence-corrected chi connectivity index (χ1v) is 10.5. The van der Waals surface area contributed by atoms with Gasteiger partial charge in [0.2, 0.25) is 10.0 Å². The van der Waals surface area contributed by atoms with Gasteiger partial charge in [-0.1, -0.05) is 29.8 Å². The van der Waals surface area contributed by atoms with Gasteiger partial charge in [-0.2, -0.15) is 0 Å². The summed E-state index contributed by atoms with van der Waals surface area (Å²) in [6, 6.07) is 12.0. The number of nitrogens with zero attached hydrogens (tertiary/aromatic N) is 2. The van der Waals surface area contributed by atoms with Crippen LogP contribution in [0.3, 0.4) is 0 Å². The fourth-order valence-electron chi connectivity index (χ4n) is 3.44. The molecule has 0 radical (unpaired) electrons. The van der Waals surface area contributed by atoms with Gasteiger partial charge in [0.15, 0.2) is 0 Å². The maximum Gasteiger partial charge on any atom is 0.241 e. The highest BCUT2D eigenvalue weighted by Gasteiger charge is 2.23. The van der Waals surface area contributed by atoms with Crippen molar-refractivity contribution in [3.8, 4) is 0 Å². The Morgan fingerprint density at radius 2 is 1.44 bits per heavy atom. The van der Waals surface area contributed by atoms with Crippen LogP contribution in [-0.4, -0.2) is 48.1 Å². The Bertz CT molecular complexity index is 865. The molecule has 0 saturated carbocycles. The molecule has 5 nitrogen and oxygen atoms in total. The smallest absolute Gasteiger partial charge is 0.241 e. The molecule has 1 N–H and O–H groups in total. The van der Waals surface area contributed by atoms with E-state index in [9.17, 15) is 8.42 Å². The third-order valence-electron chi connectivity index (χ3n) is 4.76. The van der Waals surface area contributed by atoms with Gasteiger partial charge >= 0.3 is 0 Å². The summed E-state index contributed by atoms with van der Waals surface area (Å²) in [5.74, 6) is 0. The van der Waals surface area contributed by atoms with Crippen molar-refractivity contribution < 1.29 is 8.42 Å². The summed E-state index contributed by atoms with van der Waals surface area (Å²) in [6.07, 6.45) is 0. The fourth-order valence-corrected chi connectivity index (χ4v) is 4.93. The molecule has 0 aliphatic rings. The lowest BCUT2D eigenvalue weighted by atomic mass is 10.1. The quantitative estimate of drug-likeness (QED) is 0.790. The molecule has 27 heavy (non-hydrogen) atoms. The van der Waals surface area contributed by atoms with Gasteiger partial charge in [0, 0.05) is 32.4 Å². The number of hydrogen-bond acceptors (Lipinski definition) is 4. The largest absolute Gasteiger partial charge is 0.378 e. The molecule has 0 fully saturated rings. The van der Waals surface area contributed by atoms with Crippen molar-refractivity contribution in [2.24, 2.45) is 0 Å².